The van der Waals surface area contributed by atoms with Crippen LogP contribution in [0.3, 0.4) is 0 Å². The van der Waals surface area contributed by atoms with Crippen molar-refractivity contribution in [1.82, 2.24) is 4.57 Å². The van der Waals surface area contributed by atoms with Crippen LogP contribution in [-0.2, 0) is 16.1 Å². The number of rotatable bonds is 9. The number of hydrogen-bond acceptors (Lipinski definition) is 7. The summed E-state index contributed by atoms with van der Waals surface area (Å²) in [4.78, 5) is 33.0. The molecular formula is C36H30N2O5S. The van der Waals surface area contributed by atoms with E-state index in [1.54, 1.807) is 18.6 Å². The Hall–Kier alpha value is -5.21. The maximum Gasteiger partial charge on any atom is 0.338 e. The number of ether oxygens (including phenoxy) is 3. The van der Waals surface area contributed by atoms with E-state index in [-0.39, 0.29) is 12.2 Å². The van der Waals surface area contributed by atoms with Gasteiger partial charge in [-0.05, 0) is 41.8 Å². The minimum atomic E-state index is -0.716. The van der Waals surface area contributed by atoms with Crippen LogP contribution in [0.2, 0.25) is 0 Å². The van der Waals surface area contributed by atoms with E-state index in [1.165, 1.54) is 11.3 Å². The summed E-state index contributed by atoms with van der Waals surface area (Å²) in [6.07, 6.45) is 1.81. The van der Waals surface area contributed by atoms with Crippen LogP contribution < -0.4 is 24.4 Å². The first kappa shape index (κ1) is 28.9. The molecule has 0 aliphatic carbocycles. The van der Waals surface area contributed by atoms with Gasteiger partial charge in [-0.25, -0.2) is 9.79 Å². The predicted molar refractivity (Wildman–Crippen MR) is 171 cm³/mol. The summed E-state index contributed by atoms with van der Waals surface area (Å²) >= 11 is 1.28. The Kier molecular flexibility index (Phi) is 8.52. The third kappa shape index (κ3) is 5.85. The fourth-order valence-electron chi connectivity index (χ4n) is 5.17. The average Bonchev–Trinajstić information content (AvgIpc) is 3.38. The molecule has 0 spiro atoms. The lowest BCUT2D eigenvalue weighted by molar-refractivity contribution is -0.138. The highest BCUT2D eigenvalue weighted by molar-refractivity contribution is 7.07. The molecule has 220 valence electrons. The van der Waals surface area contributed by atoms with Gasteiger partial charge in [0.15, 0.2) is 16.3 Å². The molecule has 0 N–H and O–H groups in total. The molecule has 0 saturated carbocycles. The summed E-state index contributed by atoms with van der Waals surface area (Å²) in [6, 6.07) is 33.8. The van der Waals surface area contributed by atoms with Crippen LogP contribution in [0.5, 0.6) is 11.5 Å². The summed E-state index contributed by atoms with van der Waals surface area (Å²) in [5.41, 5.74) is 3.93. The molecule has 5 aromatic rings. The van der Waals surface area contributed by atoms with Crippen LogP contribution in [0.1, 0.15) is 35.2 Å². The third-order valence-electron chi connectivity index (χ3n) is 7.21. The van der Waals surface area contributed by atoms with Gasteiger partial charge in [0.25, 0.3) is 5.56 Å². The number of fused-ring (bicyclic) bond motifs is 1. The molecule has 1 aromatic heterocycles. The van der Waals surface area contributed by atoms with Crippen molar-refractivity contribution in [2.75, 3.05) is 13.7 Å². The topological polar surface area (TPSA) is 79.1 Å². The Balaban J connectivity index is 1.47. The van der Waals surface area contributed by atoms with E-state index in [2.05, 4.69) is 0 Å². The van der Waals surface area contributed by atoms with Crippen molar-refractivity contribution in [3.05, 3.63) is 157 Å². The largest absolute Gasteiger partial charge is 0.493 e. The Bertz CT molecular complexity index is 2000. The van der Waals surface area contributed by atoms with Crippen LogP contribution in [0.25, 0.3) is 11.8 Å². The number of benzene rings is 4. The van der Waals surface area contributed by atoms with E-state index in [0.717, 1.165) is 22.3 Å². The Morgan fingerprint density at radius 2 is 1.59 bits per heavy atom. The van der Waals surface area contributed by atoms with Gasteiger partial charge in [-0.15, -0.1) is 0 Å². The van der Waals surface area contributed by atoms with E-state index >= 15 is 0 Å². The zero-order valence-electron chi connectivity index (χ0n) is 24.3. The number of nitrogens with zero attached hydrogens (tertiary/aromatic N) is 2. The van der Waals surface area contributed by atoms with Crippen LogP contribution in [0.15, 0.2) is 125 Å². The van der Waals surface area contributed by atoms with Crippen molar-refractivity contribution in [1.29, 1.82) is 0 Å². The summed E-state index contributed by atoms with van der Waals surface area (Å²) < 4.78 is 19.2. The van der Waals surface area contributed by atoms with Gasteiger partial charge in [-0.3, -0.25) is 9.36 Å². The van der Waals surface area contributed by atoms with E-state index in [0.29, 0.717) is 38.7 Å². The van der Waals surface area contributed by atoms with Gasteiger partial charge in [0, 0.05) is 5.56 Å². The van der Waals surface area contributed by atoms with Crippen molar-refractivity contribution in [2.45, 2.75) is 19.6 Å². The van der Waals surface area contributed by atoms with Crippen LogP contribution in [0, 0.1) is 0 Å². The zero-order chi connectivity index (χ0) is 30.5. The molecule has 0 fully saturated rings. The average molecular weight is 603 g/mol. The summed E-state index contributed by atoms with van der Waals surface area (Å²) in [5, 5.41) is 0. The van der Waals surface area contributed by atoms with Gasteiger partial charge in [0.2, 0.25) is 0 Å². The molecule has 1 aliphatic heterocycles. The molecule has 0 saturated heterocycles. The molecule has 8 heteroatoms. The Labute approximate surface area is 258 Å². The lowest BCUT2D eigenvalue weighted by Gasteiger charge is -2.25. The second-order valence-corrected chi connectivity index (χ2v) is 11.0. The highest BCUT2D eigenvalue weighted by atomic mass is 32.1. The van der Waals surface area contributed by atoms with Gasteiger partial charge < -0.3 is 14.2 Å². The smallest absolute Gasteiger partial charge is 0.338 e. The molecule has 7 nitrogen and oxygen atoms in total. The number of aromatic nitrogens is 1. The molecular weight excluding hydrogens is 572 g/mol. The molecule has 1 aliphatic rings. The summed E-state index contributed by atoms with van der Waals surface area (Å²) in [6.45, 7) is 2.37. The van der Waals surface area contributed by atoms with Crippen LogP contribution >= 0.6 is 11.3 Å². The quantitative estimate of drug-likeness (QED) is 0.208. The lowest BCUT2D eigenvalue weighted by Crippen LogP contribution is -2.39. The molecule has 44 heavy (non-hydrogen) atoms. The second kappa shape index (κ2) is 13.0. The highest BCUT2D eigenvalue weighted by Gasteiger charge is 2.35. The van der Waals surface area contributed by atoms with Crippen molar-refractivity contribution in [2.24, 2.45) is 4.99 Å². The van der Waals surface area contributed by atoms with Crippen molar-refractivity contribution < 1.29 is 19.0 Å². The van der Waals surface area contributed by atoms with E-state index in [9.17, 15) is 9.59 Å². The molecule has 0 bridgehead atoms. The Morgan fingerprint density at radius 3 is 2.27 bits per heavy atom. The van der Waals surface area contributed by atoms with Crippen LogP contribution in [-0.4, -0.2) is 24.3 Å². The van der Waals surface area contributed by atoms with Gasteiger partial charge in [0.05, 0.1) is 35.6 Å². The number of thiazole rings is 1. The van der Waals surface area contributed by atoms with Crippen molar-refractivity contribution in [3.8, 4) is 11.5 Å². The lowest BCUT2D eigenvalue weighted by atomic mass is 9.93. The van der Waals surface area contributed by atoms with Gasteiger partial charge >= 0.3 is 5.97 Å². The monoisotopic (exact) mass is 602 g/mol. The SMILES string of the molecule is CCOC(=O)C1=C(c2ccccc2)N=c2s/c(=C\c3ccc(OCc4ccccc4)c(OC)c3)c(=O)n2[C@H]1c1ccccc1. The van der Waals surface area contributed by atoms with Gasteiger partial charge in [-0.1, -0.05) is 108 Å². The zero-order valence-corrected chi connectivity index (χ0v) is 25.1. The fourth-order valence-corrected chi connectivity index (χ4v) is 6.17. The minimum absolute atomic E-state index is 0.198. The van der Waals surface area contributed by atoms with E-state index < -0.39 is 12.0 Å². The maximum atomic E-state index is 14.1. The summed E-state index contributed by atoms with van der Waals surface area (Å²) in [5.74, 6) is 0.653. The van der Waals surface area contributed by atoms with E-state index in [1.807, 2.05) is 115 Å². The first-order chi connectivity index (χ1) is 21.6. The number of esters is 1. The summed E-state index contributed by atoms with van der Waals surface area (Å²) in [7, 11) is 1.59. The molecule has 0 unspecified atom stereocenters. The minimum Gasteiger partial charge on any atom is -0.493 e. The van der Waals surface area contributed by atoms with Crippen LogP contribution in [0.4, 0.5) is 0 Å². The number of carbonyl (C=O) groups excluding carboxylic acids is 1. The van der Waals surface area contributed by atoms with Gasteiger partial charge in [-0.2, -0.15) is 0 Å². The van der Waals surface area contributed by atoms with E-state index in [4.69, 9.17) is 19.2 Å². The molecule has 1 atom stereocenters. The maximum absolute atomic E-state index is 14.1. The Morgan fingerprint density at radius 1 is 0.909 bits per heavy atom. The number of methoxy groups -OCH3 is 1. The highest BCUT2D eigenvalue weighted by Crippen LogP contribution is 2.35. The van der Waals surface area contributed by atoms with Crippen molar-refractivity contribution in [3.63, 3.8) is 0 Å². The number of hydrogen-bond donors (Lipinski definition) is 0. The third-order valence-corrected chi connectivity index (χ3v) is 8.19. The van der Waals surface area contributed by atoms with Gasteiger partial charge in [0.1, 0.15) is 6.61 Å². The standard InChI is InChI=1S/C36H30N2O5S/c1-3-42-35(40)31-32(26-15-9-5-10-16-26)37-36-38(33(31)27-17-11-6-12-18-27)34(39)30(44-36)22-25-19-20-28(29(21-25)41-2)43-23-24-13-7-4-8-14-24/h4-22,33H,3,23H2,1-2H3/b30-22-/t33-/m0/s1. The molecule has 6 rings (SSSR count). The fraction of sp³-hybridized carbons (Fsp3) is 0.139. The second-order valence-electron chi connectivity index (χ2n) is 10.0. The molecule has 2 heterocycles. The normalized spacial score (nSPS) is 14.5. The molecule has 0 amide bonds. The number of carbonyl (C=O) groups is 1. The van der Waals surface area contributed by atoms with Crippen molar-refractivity contribution >= 4 is 29.1 Å². The first-order valence-corrected chi connectivity index (χ1v) is 15.1. The molecule has 0 radical (unpaired) electrons. The first-order valence-electron chi connectivity index (χ1n) is 14.3. The predicted octanol–water partition coefficient (Wildman–Crippen LogP) is 5.52. The molecule has 4 aromatic carbocycles.